The van der Waals surface area contributed by atoms with Gasteiger partial charge in [-0.2, -0.15) is 18.9 Å². The average molecular weight is 322 g/mol. The summed E-state index contributed by atoms with van der Waals surface area (Å²) < 4.78 is 31.3. The van der Waals surface area contributed by atoms with Gasteiger partial charge in [0.05, 0.1) is 22.3 Å². The second kappa shape index (κ2) is 5.20. The van der Waals surface area contributed by atoms with Crippen molar-refractivity contribution in [2.45, 2.75) is 18.0 Å². The largest absolute Gasteiger partial charge is 0.298 e. The Morgan fingerprint density at radius 2 is 1.95 bits per heavy atom. The highest BCUT2D eigenvalue weighted by molar-refractivity contribution is 7.86. The topological polar surface area (TPSA) is 102 Å². The van der Waals surface area contributed by atoms with Crippen molar-refractivity contribution >= 4 is 16.0 Å². The maximum Gasteiger partial charge on any atom is 0.298 e. The number of carbonyl (C=O) groups excluding carboxylic acids is 1. The summed E-state index contributed by atoms with van der Waals surface area (Å²) in [5, 5.41) is 3.95. The van der Waals surface area contributed by atoms with Gasteiger partial charge in [0.25, 0.3) is 16.0 Å². The third kappa shape index (κ3) is 2.49. The number of carbonyl (C=O) groups is 1. The molecule has 3 rings (SSSR count). The Balaban J connectivity index is 1.93. The molecular formula is C13H14N4O4S. The Labute approximate surface area is 127 Å². The van der Waals surface area contributed by atoms with E-state index < -0.39 is 22.3 Å². The van der Waals surface area contributed by atoms with E-state index in [4.69, 9.17) is 4.18 Å². The Morgan fingerprint density at radius 3 is 2.64 bits per heavy atom. The van der Waals surface area contributed by atoms with Gasteiger partial charge >= 0.3 is 0 Å². The molecule has 1 amide bonds. The number of fused-ring (bicyclic) bond motifs is 1. The summed E-state index contributed by atoms with van der Waals surface area (Å²) in [6.45, 7) is 1.86. The molecule has 1 aliphatic rings. The fourth-order valence-corrected chi connectivity index (χ4v) is 3.13. The van der Waals surface area contributed by atoms with Crippen LogP contribution >= 0.6 is 0 Å². The van der Waals surface area contributed by atoms with Crippen LogP contribution in [0.4, 0.5) is 0 Å². The van der Waals surface area contributed by atoms with Crippen LogP contribution in [0.5, 0.6) is 0 Å². The van der Waals surface area contributed by atoms with Crippen molar-refractivity contribution in [3.63, 3.8) is 0 Å². The number of amides is 1. The molecule has 2 aromatic rings. The van der Waals surface area contributed by atoms with E-state index in [2.05, 4.69) is 16.0 Å². The predicted octanol–water partition coefficient (Wildman–Crippen LogP) is 0.381. The highest BCUT2D eigenvalue weighted by atomic mass is 32.2. The molecule has 2 heterocycles. The average Bonchev–Trinajstić information content (AvgIpc) is 2.86. The second-order valence-corrected chi connectivity index (χ2v) is 6.48. The third-order valence-electron chi connectivity index (χ3n) is 3.33. The van der Waals surface area contributed by atoms with E-state index in [0.717, 1.165) is 5.56 Å². The molecule has 22 heavy (non-hydrogen) atoms. The first kappa shape index (κ1) is 14.7. The van der Waals surface area contributed by atoms with Gasteiger partial charge in [0.15, 0.2) is 6.23 Å². The molecule has 0 saturated carbocycles. The maximum atomic E-state index is 12.3. The molecule has 1 aliphatic heterocycles. The van der Waals surface area contributed by atoms with E-state index in [1.807, 2.05) is 6.92 Å². The molecule has 1 unspecified atom stereocenters. The van der Waals surface area contributed by atoms with Crippen molar-refractivity contribution in [3.05, 3.63) is 47.3 Å². The lowest BCUT2D eigenvalue weighted by Gasteiger charge is -2.24. The van der Waals surface area contributed by atoms with Gasteiger partial charge in [-0.05, 0) is 19.1 Å². The van der Waals surface area contributed by atoms with Crippen LogP contribution in [0.2, 0.25) is 0 Å². The number of nitrogens with zero attached hydrogens (tertiary/aromatic N) is 2. The summed E-state index contributed by atoms with van der Waals surface area (Å²) >= 11 is 0. The molecule has 116 valence electrons. The van der Waals surface area contributed by atoms with Gasteiger partial charge < -0.3 is 0 Å². The molecule has 8 nitrogen and oxygen atoms in total. The van der Waals surface area contributed by atoms with Crippen LogP contribution in [-0.4, -0.2) is 24.1 Å². The van der Waals surface area contributed by atoms with Gasteiger partial charge in [-0.1, -0.05) is 17.7 Å². The Hall–Kier alpha value is -2.23. The first-order chi connectivity index (χ1) is 10.4. The number of benzene rings is 1. The molecule has 0 fully saturated rings. The Morgan fingerprint density at radius 1 is 1.27 bits per heavy atom. The van der Waals surface area contributed by atoms with E-state index >= 15 is 0 Å². The molecule has 9 heteroatoms. The molecule has 0 saturated heterocycles. The zero-order chi connectivity index (χ0) is 15.9. The number of rotatable bonds is 3. The summed E-state index contributed by atoms with van der Waals surface area (Å²) in [7, 11) is -2.38. The van der Waals surface area contributed by atoms with E-state index in [9.17, 15) is 13.2 Å². The lowest BCUT2D eigenvalue weighted by atomic mass is 10.2. The minimum atomic E-state index is -3.99. The predicted molar refractivity (Wildman–Crippen MR) is 76.0 cm³/mol. The van der Waals surface area contributed by atoms with Gasteiger partial charge in [0.2, 0.25) is 0 Å². The maximum absolute atomic E-state index is 12.3. The number of nitrogens with one attached hydrogen (secondary N) is 2. The number of hydrogen-bond donors (Lipinski definition) is 2. The van der Waals surface area contributed by atoms with E-state index in [1.165, 1.54) is 23.0 Å². The fraction of sp³-hybridized carbons (Fsp3) is 0.231. The van der Waals surface area contributed by atoms with Gasteiger partial charge in [0, 0.05) is 7.05 Å². The van der Waals surface area contributed by atoms with Crippen molar-refractivity contribution in [1.29, 1.82) is 0 Å². The molecule has 1 aromatic carbocycles. The van der Waals surface area contributed by atoms with Gasteiger partial charge in [0.1, 0.15) is 0 Å². The van der Waals surface area contributed by atoms with Gasteiger partial charge in [-0.15, -0.1) is 0 Å². The van der Waals surface area contributed by atoms with E-state index in [1.54, 1.807) is 19.2 Å². The number of aryl methyl sites for hydroxylation is 2. The standard InChI is InChI=1S/C13H14N4O4S/c1-8-3-5-9(6-4-8)22(19,20)21-13-11-10(7-14-17(11)2)12(18)15-16-13/h3-7,13,16H,1-2H3,(H,15,18). The second-order valence-electron chi connectivity index (χ2n) is 4.91. The molecule has 0 spiro atoms. The molecule has 0 bridgehead atoms. The minimum Gasteiger partial charge on any atom is -0.285 e. The molecule has 0 aliphatic carbocycles. The van der Waals surface area contributed by atoms with Crippen LogP contribution < -0.4 is 10.9 Å². The number of aromatic nitrogens is 2. The SMILES string of the molecule is Cc1ccc(S(=O)(=O)OC2NNC(=O)c3cnn(C)c32)cc1. The third-order valence-corrected chi connectivity index (χ3v) is 4.62. The monoisotopic (exact) mass is 322 g/mol. The summed E-state index contributed by atoms with van der Waals surface area (Å²) in [4.78, 5) is 11.7. The minimum absolute atomic E-state index is 0.0421. The van der Waals surface area contributed by atoms with Crippen LogP contribution in [0.15, 0.2) is 35.4 Å². The van der Waals surface area contributed by atoms with Gasteiger partial charge in [-0.25, -0.2) is 4.18 Å². The zero-order valence-electron chi connectivity index (χ0n) is 11.9. The number of hydrazine groups is 1. The van der Waals surface area contributed by atoms with Crippen LogP contribution in [-0.2, 0) is 21.3 Å². The van der Waals surface area contributed by atoms with Crippen molar-refractivity contribution in [2.75, 3.05) is 0 Å². The molecule has 1 atom stereocenters. The summed E-state index contributed by atoms with van der Waals surface area (Å²) in [6.07, 6.45) is 0.312. The van der Waals surface area contributed by atoms with Gasteiger partial charge in [-0.3, -0.25) is 14.9 Å². The van der Waals surface area contributed by atoms with Crippen LogP contribution in [0, 0.1) is 6.92 Å². The van der Waals surface area contributed by atoms with Crippen molar-refractivity contribution in [3.8, 4) is 0 Å². The highest BCUT2D eigenvalue weighted by Gasteiger charge is 2.33. The lowest BCUT2D eigenvalue weighted by molar-refractivity contribution is 0.0786. The first-order valence-electron chi connectivity index (χ1n) is 6.46. The molecule has 0 radical (unpaired) electrons. The fourth-order valence-electron chi connectivity index (χ4n) is 2.16. The van der Waals surface area contributed by atoms with E-state index in [0.29, 0.717) is 5.69 Å². The lowest BCUT2D eigenvalue weighted by Crippen LogP contribution is -2.47. The molecular weight excluding hydrogens is 308 g/mol. The highest BCUT2D eigenvalue weighted by Crippen LogP contribution is 2.26. The Bertz CT molecular complexity index is 826. The first-order valence-corrected chi connectivity index (χ1v) is 7.87. The summed E-state index contributed by atoms with van der Waals surface area (Å²) in [5.74, 6) is -0.393. The molecule has 2 N–H and O–H groups in total. The van der Waals surface area contributed by atoms with Crippen LogP contribution in [0.25, 0.3) is 0 Å². The number of hydrogen-bond acceptors (Lipinski definition) is 6. The molecule has 1 aromatic heterocycles. The summed E-state index contributed by atoms with van der Waals surface area (Å²) in [5.41, 5.74) is 6.44. The normalized spacial score (nSPS) is 17.9. The van der Waals surface area contributed by atoms with Crippen LogP contribution in [0.3, 0.4) is 0 Å². The smallest absolute Gasteiger partial charge is 0.285 e. The Kier molecular flexibility index (Phi) is 3.47. The quantitative estimate of drug-likeness (QED) is 0.792. The summed E-state index contributed by atoms with van der Waals surface area (Å²) in [6, 6.07) is 6.30. The van der Waals surface area contributed by atoms with Crippen molar-refractivity contribution in [1.82, 2.24) is 20.6 Å². The van der Waals surface area contributed by atoms with Crippen molar-refractivity contribution in [2.24, 2.45) is 7.05 Å². The van der Waals surface area contributed by atoms with Crippen molar-refractivity contribution < 1.29 is 17.4 Å². The van der Waals surface area contributed by atoms with E-state index in [-0.39, 0.29) is 10.5 Å². The van der Waals surface area contributed by atoms with Crippen LogP contribution in [0.1, 0.15) is 27.8 Å². The zero-order valence-corrected chi connectivity index (χ0v) is 12.7.